The summed E-state index contributed by atoms with van der Waals surface area (Å²) in [5.41, 5.74) is 3.43. The van der Waals surface area contributed by atoms with E-state index in [1.807, 2.05) is 0 Å². The molecule has 4 heteroatoms. The Bertz CT molecular complexity index is 707. The van der Waals surface area contributed by atoms with E-state index in [4.69, 9.17) is 11.6 Å². The summed E-state index contributed by atoms with van der Waals surface area (Å²) >= 11 is 6.03. The Morgan fingerprint density at radius 3 is 2.32 bits per heavy atom. The van der Waals surface area contributed by atoms with Crippen LogP contribution in [0, 0.1) is 11.8 Å². The van der Waals surface area contributed by atoms with Gasteiger partial charge in [-0.05, 0) is 73.1 Å². The van der Waals surface area contributed by atoms with Crippen LogP contribution in [0.15, 0.2) is 30.3 Å². The third-order valence-corrected chi connectivity index (χ3v) is 5.65. The molecule has 0 spiro atoms. The van der Waals surface area contributed by atoms with Gasteiger partial charge in [-0.3, -0.25) is 0 Å². The highest BCUT2D eigenvalue weighted by Gasteiger charge is 2.26. The van der Waals surface area contributed by atoms with Crippen molar-refractivity contribution in [2.24, 2.45) is 0 Å². The van der Waals surface area contributed by atoms with Crippen LogP contribution in [-0.4, -0.2) is 4.98 Å². The number of aryl methyl sites for hydroxylation is 1. The summed E-state index contributed by atoms with van der Waals surface area (Å²) in [6, 6.07) is 10.2. The molecule has 1 aromatic carbocycles. The zero-order valence-electron chi connectivity index (χ0n) is 14.6. The highest BCUT2D eigenvalue weighted by molar-refractivity contribution is 6.30. The summed E-state index contributed by atoms with van der Waals surface area (Å²) < 4.78 is 26.6. The van der Waals surface area contributed by atoms with E-state index < -0.39 is 11.8 Å². The van der Waals surface area contributed by atoms with Crippen LogP contribution in [0.1, 0.15) is 74.0 Å². The number of hydrogen-bond acceptors (Lipinski definition) is 1. The number of halogens is 3. The van der Waals surface area contributed by atoms with Gasteiger partial charge in [0, 0.05) is 0 Å². The fourth-order valence-corrected chi connectivity index (χ4v) is 4.10. The molecule has 0 atom stereocenters. The van der Waals surface area contributed by atoms with Gasteiger partial charge in [0.15, 0.2) is 5.82 Å². The van der Waals surface area contributed by atoms with Crippen LogP contribution in [-0.2, 0) is 6.42 Å². The molecule has 134 valence electrons. The molecule has 0 radical (unpaired) electrons. The second kappa shape index (κ2) is 8.27. The molecule has 0 bridgehead atoms. The maximum atomic E-state index is 13.5. The van der Waals surface area contributed by atoms with Gasteiger partial charge in [0.05, 0.1) is 0 Å². The van der Waals surface area contributed by atoms with Gasteiger partial charge in [-0.25, -0.2) is 9.37 Å². The lowest BCUT2D eigenvalue weighted by atomic mass is 9.76. The van der Waals surface area contributed by atoms with E-state index in [1.165, 1.54) is 30.0 Å². The molecular formula is C21H24ClF2N. The molecule has 2 aromatic rings. The minimum absolute atomic E-state index is 0.0997. The topological polar surface area (TPSA) is 12.9 Å². The Morgan fingerprint density at radius 2 is 1.68 bits per heavy atom. The van der Waals surface area contributed by atoms with Crippen LogP contribution < -0.4 is 0 Å². The lowest BCUT2D eigenvalue weighted by Crippen LogP contribution is -2.13. The molecule has 1 saturated carbocycles. The van der Waals surface area contributed by atoms with Crippen LogP contribution >= 0.6 is 11.6 Å². The lowest BCUT2D eigenvalue weighted by Gasteiger charge is -2.29. The van der Waals surface area contributed by atoms with Crippen LogP contribution in [0.4, 0.5) is 8.78 Å². The summed E-state index contributed by atoms with van der Waals surface area (Å²) in [7, 11) is 0. The van der Waals surface area contributed by atoms with E-state index in [9.17, 15) is 8.78 Å². The second-order valence-corrected chi connectivity index (χ2v) is 7.39. The van der Waals surface area contributed by atoms with Gasteiger partial charge in [0.1, 0.15) is 5.15 Å². The fourth-order valence-electron chi connectivity index (χ4n) is 3.82. The molecule has 1 aliphatic carbocycles. The van der Waals surface area contributed by atoms with Gasteiger partial charge in [0.25, 0.3) is 0 Å². The van der Waals surface area contributed by atoms with Gasteiger partial charge in [-0.2, -0.15) is 4.39 Å². The molecule has 1 aromatic heterocycles. The van der Waals surface area contributed by atoms with Gasteiger partial charge in [0.2, 0.25) is 5.95 Å². The third-order valence-electron chi connectivity index (χ3n) is 5.35. The number of pyridine rings is 1. The first-order valence-corrected chi connectivity index (χ1v) is 9.56. The number of nitrogens with zero attached hydrogens (tertiary/aromatic N) is 1. The standard InChI is InChI=1S/C21H24ClF2N/c1-2-3-4-14-5-7-15(8-6-14)16-9-11-17(12-10-16)18-13-19(23)21(24)25-20(18)22/h5-8,13,16-17H,2-4,9-12H2,1H3. The SMILES string of the molecule is CCCCc1ccc(C2CCC(c3cc(F)c(F)nc3Cl)CC2)cc1. The van der Waals surface area contributed by atoms with Crippen molar-refractivity contribution in [3.05, 3.63) is 63.9 Å². The van der Waals surface area contributed by atoms with Crippen molar-refractivity contribution in [1.29, 1.82) is 0 Å². The Hall–Kier alpha value is -1.48. The first-order valence-electron chi connectivity index (χ1n) is 9.18. The van der Waals surface area contributed by atoms with Crippen molar-refractivity contribution >= 4 is 11.6 Å². The molecule has 0 amide bonds. The Balaban J connectivity index is 1.63. The minimum atomic E-state index is -1.12. The minimum Gasteiger partial charge on any atom is -0.205 e. The van der Waals surface area contributed by atoms with Gasteiger partial charge < -0.3 is 0 Å². The van der Waals surface area contributed by atoms with Crippen molar-refractivity contribution in [2.45, 2.75) is 63.7 Å². The van der Waals surface area contributed by atoms with E-state index in [2.05, 4.69) is 36.2 Å². The average Bonchev–Trinajstić information content (AvgIpc) is 2.64. The van der Waals surface area contributed by atoms with Gasteiger partial charge >= 0.3 is 0 Å². The first-order chi connectivity index (χ1) is 12.1. The Morgan fingerprint density at radius 1 is 1.04 bits per heavy atom. The molecule has 0 aliphatic heterocycles. The lowest BCUT2D eigenvalue weighted by molar-refractivity contribution is 0.392. The molecule has 0 N–H and O–H groups in total. The van der Waals surface area contributed by atoms with Gasteiger partial charge in [-0.1, -0.05) is 49.2 Å². The highest BCUT2D eigenvalue weighted by Crippen LogP contribution is 2.42. The van der Waals surface area contributed by atoms with E-state index >= 15 is 0 Å². The van der Waals surface area contributed by atoms with Gasteiger partial charge in [-0.15, -0.1) is 0 Å². The Kier molecular flexibility index (Phi) is 6.06. The number of hydrogen-bond donors (Lipinski definition) is 0. The van der Waals surface area contributed by atoms with E-state index in [1.54, 1.807) is 0 Å². The number of rotatable bonds is 5. The highest BCUT2D eigenvalue weighted by atomic mass is 35.5. The monoisotopic (exact) mass is 363 g/mol. The van der Waals surface area contributed by atoms with Crippen LogP contribution in [0.5, 0.6) is 0 Å². The average molecular weight is 364 g/mol. The second-order valence-electron chi connectivity index (χ2n) is 7.03. The molecule has 0 saturated heterocycles. The van der Waals surface area contributed by atoms with E-state index in [-0.39, 0.29) is 11.1 Å². The van der Waals surface area contributed by atoms with Crippen molar-refractivity contribution in [1.82, 2.24) is 4.98 Å². The van der Waals surface area contributed by atoms with Crippen molar-refractivity contribution in [3.63, 3.8) is 0 Å². The van der Waals surface area contributed by atoms with Crippen LogP contribution in [0.3, 0.4) is 0 Å². The van der Waals surface area contributed by atoms with E-state index in [0.29, 0.717) is 11.5 Å². The molecule has 0 unspecified atom stereocenters. The van der Waals surface area contributed by atoms with Crippen LogP contribution in [0.2, 0.25) is 5.15 Å². The molecule has 25 heavy (non-hydrogen) atoms. The molecule has 1 heterocycles. The molecular weight excluding hydrogens is 340 g/mol. The summed E-state index contributed by atoms with van der Waals surface area (Å²) in [6.07, 6.45) is 7.51. The van der Waals surface area contributed by atoms with Crippen molar-refractivity contribution < 1.29 is 8.78 Å². The maximum absolute atomic E-state index is 13.5. The molecule has 1 fully saturated rings. The zero-order chi connectivity index (χ0) is 17.8. The number of unbranched alkanes of at least 4 members (excludes halogenated alkanes) is 1. The predicted octanol–water partition coefficient (Wildman–Crippen LogP) is 6.80. The smallest absolute Gasteiger partial charge is 0.205 e. The van der Waals surface area contributed by atoms with Crippen molar-refractivity contribution in [3.8, 4) is 0 Å². The molecule has 3 rings (SSSR count). The van der Waals surface area contributed by atoms with E-state index in [0.717, 1.165) is 32.1 Å². The molecule has 1 aliphatic rings. The predicted molar refractivity (Wildman–Crippen MR) is 98.2 cm³/mol. The number of aromatic nitrogens is 1. The molecule has 1 nitrogen and oxygen atoms in total. The quantitative estimate of drug-likeness (QED) is 0.532. The summed E-state index contributed by atoms with van der Waals surface area (Å²) in [5.74, 6) is -1.33. The summed E-state index contributed by atoms with van der Waals surface area (Å²) in [5, 5.41) is 0.0997. The summed E-state index contributed by atoms with van der Waals surface area (Å²) in [6.45, 7) is 2.21. The Labute approximate surface area is 153 Å². The third kappa shape index (κ3) is 4.38. The first kappa shape index (κ1) is 18.3. The zero-order valence-corrected chi connectivity index (χ0v) is 15.3. The summed E-state index contributed by atoms with van der Waals surface area (Å²) in [4.78, 5) is 3.48. The van der Waals surface area contributed by atoms with Crippen molar-refractivity contribution in [2.75, 3.05) is 0 Å². The normalized spacial score (nSPS) is 20.6. The van der Waals surface area contributed by atoms with Crippen LogP contribution in [0.25, 0.3) is 0 Å². The maximum Gasteiger partial charge on any atom is 0.250 e. The fraction of sp³-hybridized carbons (Fsp3) is 0.476. The largest absolute Gasteiger partial charge is 0.250 e. The number of benzene rings is 1.